The molecule has 2 aromatic heterocycles. The smallest absolute Gasteiger partial charge is 0.194 e. The van der Waals surface area contributed by atoms with Crippen LogP contribution in [0.25, 0.3) is 4.96 Å². The van der Waals surface area contributed by atoms with Crippen LogP contribution in [-0.4, -0.2) is 15.4 Å². The molecular weight excluding hydrogens is 242 g/mol. The fraction of sp³-hybridized carbons (Fsp3) is 0.643. The van der Waals surface area contributed by atoms with E-state index in [4.69, 9.17) is 0 Å². The summed E-state index contributed by atoms with van der Waals surface area (Å²) < 4.78 is 2.30. The fourth-order valence-corrected chi connectivity index (χ4v) is 3.98. The molecule has 0 radical (unpaired) electrons. The second-order valence-electron chi connectivity index (χ2n) is 5.53. The van der Waals surface area contributed by atoms with E-state index in [2.05, 4.69) is 40.9 Å². The summed E-state index contributed by atoms with van der Waals surface area (Å²) in [5.74, 6) is 0.817. The van der Waals surface area contributed by atoms with Crippen molar-refractivity contribution in [3.8, 4) is 0 Å². The van der Waals surface area contributed by atoms with E-state index in [1.165, 1.54) is 36.3 Å². The van der Waals surface area contributed by atoms with E-state index in [9.17, 15) is 0 Å². The minimum atomic E-state index is 0.689. The van der Waals surface area contributed by atoms with Gasteiger partial charge < -0.3 is 5.32 Å². The summed E-state index contributed by atoms with van der Waals surface area (Å²) in [5.41, 5.74) is 3.80. The number of hydrogen-bond donors (Lipinski definition) is 1. The second kappa shape index (κ2) is 4.67. The molecule has 3 rings (SSSR count). The van der Waals surface area contributed by atoms with Crippen molar-refractivity contribution in [1.82, 2.24) is 14.7 Å². The highest BCUT2D eigenvalue weighted by Crippen LogP contribution is 2.26. The van der Waals surface area contributed by atoms with Gasteiger partial charge in [-0.3, -0.25) is 4.40 Å². The molecule has 0 saturated heterocycles. The molecule has 2 aromatic rings. The Hall–Kier alpha value is -0.870. The van der Waals surface area contributed by atoms with Gasteiger partial charge in [-0.2, -0.15) is 0 Å². The Labute approximate surface area is 112 Å². The highest BCUT2D eigenvalue weighted by atomic mass is 32.1. The maximum absolute atomic E-state index is 4.64. The fourth-order valence-electron chi connectivity index (χ4n) is 3.05. The van der Waals surface area contributed by atoms with Crippen LogP contribution >= 0.6 is 11.3 Å². The number of fused-ring (bicyclic) bond motifs is 1. The molecule has 3 nitrogen and oxygen atoms in total. The van der Waals surface area contributed by atoms with Crippen LogP contribution in [0.5, 0.6) is 0 Å². The van der Waals surface area contributed by atoms with Crippen molar-refractivity contribution >= 4 is 16.3 Å². The van der Waals surface area contributed by atoms with E-state index in [1.807, 2.05) is 0 Å². The lowest BCUT2D eigenvalue weighted by Gasteiger charge is -2.17. The van der Waals surface area contributed by atoms with Gasteiger partial charge in [-0.25, -0.2) is 4.98 Å². The van der Waals surface area contributed by atoms with Crippen LogP contribution in [0.15, 0.2) is 5.38 Å². The summed E-state index contributed by atoms with van der Waals surface area (Å²) in [6.45, 7) is 7.58. The highest BCUT2D eigenvalue weighted by Gasteiger charge is 2.23. The van der Waals surface area contributed by atoms with Gasteiger partial charge in [0, 0.05) is 23.7 Å². The lowest BCUT2D eigenvalue weighted by Crippen LogP contribution is -2.31. The van der Waals surface area contributed by atoms with E-state index in [0.29, 0.717) is 6.04 Å². The summed E-state index contributed by atoms with van der Waals surface area (Å²) >= 11 is 1.73. The third-order valence-electron chi connectivity index (χ3n) is 4.22. The first-order valence-electron chi connectivity index (χ1n) is 6.82. The second-order valence-corrected chi connectivity index (χ2v) is 6.37. The Kier molecular flexibility index (Phi) is 3.16. The molecule has 18 heavy (non-hydrogen) atoms. The maximum Gasteiger partial charge on any atom is 0.194 e. The van der Waals surface area contributed by atoms with Crippen molar-refractivity contribution < 1.29 is 0 Å². The van der Waals surface area contributed by atoms with Crippen molar-refractivity contribution in [3.63, 3.8) is 0 Å². The van der Waals surface area contributed by atoms with Gasteiger partial charge in [0.05, 0.1) is 11.4 Å². The largest absolute Gasteiger partial charge is 0.308 e. The van der Waals surface area contributed by atoms with Crippen molar-refractivity contribution in [2.75, 3.05) is 0 Å². The van der Waals surface area contributed by atoms with Gasteiger partial charge in [0.2, 0.25) is 0 Å². The normalized spacial score (nSPS) is 24.2. The first-order chi connectivity index (χ1) is 8.66. The zero-order valence-corrected chi connectivity index (χ0v) is 12.2. The Bertz CT molecular complexity index is 555. The number of nitrogens with zero attached hydrogens (tertiary/aromatic N) is 2. The molecule has 2 atom stereocenters. The molecule has 2 unspecified atom stereocenters. The molecule has 1 aliphatic carbocycles. The standard InChI is InChI=1S/C14H21N3S/c1-9-5-4-6-12(9)15-7-13-11(3)16-14-17(13)10(2)8-18-14/h8-9,12,15H,4-7H2,1-3H3. The molecule has 0 aliphatic heterocycles. The Morgan fingerprint density at radius 3 is 3.00 bits per heavy atom. The Balaban J connectivity index is 1.81. The van der Waals surface area contributed by atoms with Gasteiger partial charge in [0.25, 0.3) is 0 Å². The summed E-state index contributed by atoms with van der Waals surface area (Å²) in [5, 5.41) is 5.91. The predicted octanol–water partition coefficient (Wildman–Crippen LogP) is 3.29. The van der Waals surface area contributed by atoms with Gasteiger partial charge >= 0.3 is 0 Å². The average molecular weight is 263 g/mol. The number of thiazole rings is 1. The first-order valence-corrected chi connectivity index (χ1v) is 7.70. The molecule has 1 saturated carbocycles. The van der Waals surface area contributed by atoms with Crippen LogP contribution < -0.4 is 5.32 Å². The van der Waals surface area contributed by atoms with Crippen molar-refractivity contribution in [1.29, 1.82) is 0 Å². The number of nitrogens with one attached hydrogen (secondary N) is 1. The van der Waals surface area contributed by atoms with Crippen LogP contribution in [0.3, 0.4) is 0 Å². The molecule has 0 spiro atoms. The third-order valence-corrected chi connectivity index (χ3v) is 5.17. The van der Waals surface area contributed by atoms with Gasteiger partial charge in [-0.1, -0.05) is 13.3 Å². The third kappa shape index (κ3) is 1.97. The van der Waals surface area contributed by atoms with Crippen molar-refractivity contribution in [2.24, 2.45) is 5.92 Å². The monoisotopic (exact) mass is 263 g/mol. The summed E-state index contributed by atoms with van der Waals surface area (Å²) in [4.78, 5) is 5.77. The zero-order valence-electron chi connectivity index (χ0n) is 11.4. The molecule has 2 heterocycles. The number of aromatic nitrogens is 2. The van der Waals surface area contributed by atoms with Crippen molar-refractivity contribution in [3.05, 3.63) is 22.5 Å². The van der Waals surface area contributed by atoms with E-state index < -0.39 is 0 Å². The minimum absolute atomic E-state index is 0.689. The first kappa shape index (κ1) is 12.2. The number of imidazole rings is 1. The highest BCUT2D eigenvalue weighted by molar-refractivity contribution is 7.15. The van der Waals surface area contributed by atoms with Gasteiger partial charge in [0.1, 0.15) is 0 Å². The molecule has 0 bridgehead atoms. The average Bonchev–Trinajstić information content (AvgIpc) is 2.97. The van der Waals surface area contributed by atoms with Gasteiger partial charge in [-0.15, -0.1) is 11.3 Å². The summed E-state index contributed by atoms with van der Waals surface area (Å²) in [7, 11) is 0. The molecule has 0 amide bonds. The van der Waals surface area contributed by atoms with E-state index in [-0.39, 0.29) is 0 Å². The van der Waals surface area contributed by atoms with E-state index in [1.54, 1.807) is 11.3 Å². The number of hydrogen-bond acceptors (Lipinski definition) is 3. The molecule has 1 N–H and O–H groups in total. The van der Waals surface area contributed by atoms with Gasteiger partial charge in [0.15, 0.2) is 4.96 Å². The van der Waals surface area contributed by atoms with Crippen LogP contribution in [0.2, 0.25) is 0 Å². The summed E-state index contributed by atoms with van der Waals surface area (Å²) in [6.07, 6.45) is 4.07. The Morgan fingerprint density at radius 2 is 2.28 bits per heavy atom. The quantitative estimate of drug-likeness (QED) is 0.920. The van der Waals surface area contributed by atoms with E-state index >= 15 is 0 Å². The van der Waals surface area contributed by atoms with Crippen LogP contribution in [0.1, 0.15) is 43.3 Å². The molecule has 0 aromatic carbocycles. The van der Waals surface area contributed by atoms with Gasteiger partial charge in [-0.05, 0) is 32.6 Å². The topological polar surface area (TPSA) is 29.3 Å². The van der Waals surface area contributed by atoms with Crippen LogP contribution in [0.4, 0.5) is 0 Å². The number of rotatable bonds is 3. The van der Waals surface area contributed by atoms with E-state index in [0.717, 1.165) is 17.4 Å². The zero-order chi connectivity index (χ0) is 12.7. The van der Waals surface area contributed by atoms with Crippen LogP contribution in [-0.2, 0) is 6.54 Å². The maximum atomic E-state index is 4.64. The molecule has 1 aliphatic rings. The predicted molar refractivity (Wildman–Crippen MR) is 76.2 cm³/mol. The molecule has 98 valence electrons. The molecule has 4 heteroatoms. The lowest BCUT2D eigenvalue weighted by atomic mass is 10.1. The minimum Gasteiger partial charge on any atom is -0.308 e. The van der Waals surface area contributed by atoms with Crippen molar-refractivity contribution in [2.45, 2.75) is 52.6 Å². The molecule has 1 fully saturated rings. The SMILES string of the molecule is Cc1nc2scc(C)n2c1CNC1CCCC1C. The molecular formula is C14H21N3S. The summed E-state index contributed by atoms with van der Waals surface area (Å²) in [6, 6.07) is 0.689. The Morgan fingerprint density at radius 1 is 1.44 bits per heavy atom. The lowest BCUT2D eigenvalue weighted by molar-refractivity contribution is 0.422. The van der Waals surface area contributed by atoms with Crippen LogP contribution in [0, 0.1) is 19.8 Å². The number of aryl methyl sites for hydroxylation is 2.